The molecule has 0 saturated carbocycles. The number of pyridine rings is 1. The van der Waals surface area contributed by atoms with Gasteiger partial charge in [0.05, 0.1) is 0 Å². The molecule has 2 aromatic heterocycles. The quantitative estimate of drug-likeness (QED) is 0.681. The number of hydrogen-bond acceptors (Lipinski definition) is 7. The standard InChI is InChI=1S/C20H20N4O3/c25-16-6-4-14(12-17(16)26)5-7-19-22-20(23-27-19)15-8-9-21-18(13-15)24-10-2-1-3-11-24/h4-9,12-13,25-26H,1-3,10-11H2. The van der Waals surface area contributed by atoms with Crippen LogP contribution >= 0.6 is 0 Å². The number of aromatic nitrogens is 3. The van der Waals surface area contributed by atoms with Gasteiger partial charge in [0, 0.05) is 30.9 Å². The highest BCUT2D eigenvalue weighted by atomic mass is 16.5. The molecule has 138 valence electrons. The lowest BCUT2D eigenvalue weighted by Crippen LogP contribution is -2.30. The van der Waals surface area contributed by atoms with Crippen LogP contribution in [0.5, 0.6) is 11.5 Å². The first kappa shape index (κ1) is 17.1. The normalized spacial score (nSPS) is 14.7. The summed E-state index contributed by atoms with van der Waals surface area (Å²) >= 11 is 0. The molecule has 0 aliphatic carbocycles. The molecule has 4 rings (SSSR count). The van der Waals surface area contributed by atoms with E-state index in [0.717, 1.165) is 24.5 Å². The minimum absolute atomic E-state index is 0.158. The van der Waals surface area contributed by atoms with E-state index in [4.69, 9.17) is 4.52 Å². The fourth-order valence-electron chi connectivity index (χ4n) is 3.09. The largest absolute Gasteiger partial charge is 0.504 e. The van der Waals surface area contributed by atoms with Gasteiger partial charge in [0.15, 0.2) is 11.5 Å². The van der Waals surface area contributed by atoms with Gasteiger partial charge in [-0.1, -0.05) is 11.2 Å². The van der Waals surface area contributed by atoms with Crippen LogP contribution < -0.4 is 4.90 Å². The molecule has 0 amide bonds. The van der Waals surface area contributed by atoms with Crippen LogP contribution in [0.4, 0.5) is 5.82 Å². The first-order valence-electron chi connectivity index (χ1n) is 8.94. The van der Waals surface area contributed by atoms with Crippen LogP contribution in [0.1, 0.15) is 30.7 Å². The molecule has 27 heavy (non-hydrogen) atoms. The number of hydrogen-bond donors (Lipinski definition) is 2. The van der Waals surface area contributed by atoms with Gasteiger partial charge in [0.1, 0.15) is 5.82 Å². The monoisotopic (exact) mass is 364 g/mol. The second kappa shape index (κ2) is 7.49. The van der Waals surface area contributed by atoms with Crippen molar-refractivity contribution in [2.24, 2.45) is 0 Å². The third kappa shape index (κ3) is 3.92. The van der Waals surface area contributed by atoms with E-state index in [1.54, 1.807) is 24.4 Å². The van der Waals surface area contributed by atoms with Crippen molar-refractivity contribution in [1.29, 1.82) is 0 Å². The number of benzene rings is 1. The summed E-state index contributed by atoms with van der Waals surface area (Å²) in [5.74, 6) is 1.46. The van der Waals surface area contributed by atoms with Crippen molar-refractivity contribution in [1.82, 2.24) is 15.1 Å². The Morgan fingerprint density at radius 2 is 1.81 bits per heavy atom. The van der Waals surface area contributed by atoms with Gasteiger partial charge in [-0.15, -0.1) is 0 Å². The van der Waals surface area contributed by atoms with E-state index in [-0.39, 0.29) is 11.5 Å². The molecule has 3 heterocycles. The average Bonchev–Trinajstić information content (AvgIpc) is 3.19. The second-order valence-corrected chi connectivity index (χ2v) is 6.49. The van der Waals surface area contributed by atoms with E-state index < -0.39 is 0 Å². The summed E-state index contributed by atoms with van der Waals surface area (Å²) in [6, 6.07) is 8.41. The number of anilines is 1. The van der Waals surface area contributed by atoms with E-state index >= 15 is 0 Å². The molecule has 0 bridgehead atoms. The summed E-state index contributed by atoms with van der Waals surface area (Å²) < 4.78 is 5.29. The number of rotatable bonds is 4. The summed E-state index contributed by atoms with van der Waals surface area (Å²) in [6.45, 7) is 2.05. The zero-order valence-corrected chi connectivity index (χ0v) is 14.7. The van der Waals surface area contributed by atoms with Crippen molar-refractivity contribution >= 4 is 18.0 Å². The molecule has 1 aromatic carbocycles. The minimum atomic E-state index is -0.176. The molecule has 7 nitrogen and oxygen atoms in total. The zero-order valence-electron chi connectivity index (χ0n) is 14.7. The summed E-state index contributed by atoms with van der Waals surface area (Å²) in [5.41, 5.74) is 1.57. The van der Waals surface area contributed by atoms with Crippen molar-refractivity contribution in [2.75, 3.05) is 18.0 Å². The van der Waals surface area contributed by atoms with Crippen LogP contribution in [0, 0.1) is 0 Å². The van der Waals surface area contributed by atoms with Crippen molar-refractivity contribution in [2.45, 2.75) is 19.3 Å². The molecule has 2 N–H and O–H groups in total. The lowest BCUT2D eigenvalue weighted by molar-refractivity contribution is 0.403. The Kier molecular flexibility index (Phi) is 4.74. The number of aromatic hydroxyl groups is 2. The Labute approximate surface area is 156 Å². The molecular weight excluding hydrogens is 344 g/mol. The predicted octanol–water partition coefficient (Wildman–Crippen LogP) is 3.70. The number of nitrogens with zero attached hydrogens (tertiary/aromatic N) is 4. The topological polar surface area (TPSA) is 95.5 Å². The van der Waals surface area contributed by atoms with E-state index in [0.29, 0.717) is 17.3 Å². The third-order valence-electron chi connectivity index (χ3n) is 4.54. The molecule has 1 aliphatic rings. The van der Waals surface area contributed by atoms with Gasteiger partial charge in [0.2, 0.25) is 5.82 Å². The van der Waals surface area contributed by atoms with Gasteiger partial charge in [-0.2, -0.15) is 4.98 Å². The van der Waals surface area contributed by atoms with Gasteiger partial charge in [-0.05, 0) is 55.2 Å². The highest BCUT2D eigenvalue weighted by Gasteiger charge is 2.14. The maximum absolute atomic E-state index is 9.54. The highest BCUT2D eigenvalue weighted by molar-refractivity contribution is 5.68. The average molecular weight is 364 g/mol. The van der Waals surface area contributed by atoms with E-state index in [1.165, 1.54) is 31.4 Å². The Balaban J connectivity index is 1.52. The molecule has 1 saturated heterocycles. The van der Waals surface area contributed by atoms with Crippen molar-refractivity contribution in [3.05, 3.63) is 48.0 Å². The molecule has 0 spiro atoms. The Morgan fingerprint density at radius 3 is 2.63 bits per heavy atom. The van der Waals surface area contributed by atoms with Crippen LogP contribution in [0.15, 0.2) is 41.1 Å². The van der Waals surface area contributed by atoms with Gasteiger partial charge in [-0.3, -0.25) is 0 Å². The number of phenolic OH excluding ortho intramolecular Hbond substituents is 2. The highest BCUT2D eigenvalue weighted by Crippen LogP contribution is 2.26. The van der Waals surface area contributed by atoms with Gasteiger partial charge in [-0.25, -0.2) is 4.98 Å². The zero-order chi connectivity index (χ0) is 18.6. The molecule has 1 aliphatic heterocycles. The smallest absolute Gasteiger partial charge is 0.250 e. The van der Waals surface area contributed by atoms with Gasteiger partial charge < -0.3 is 19.6 Å². The van der Waals surface area contributed by atoms with Crippen LogP contribution in [-0.2, 0) is 0 Å². The fourth-order valence-corrected chi connectivity index (χ4v) is 3.09. The van der Waals surface area contributed by atoms with Crippen LogP contribution in [0.3, 0.4) is 0 Å². The lowest BCUT2D eigenvalue weighted by Gasteiger charge is -2.27. The van der Waals surface area contributed by atoms with Gasteiger partial charge >= 0.3 is 0 Å². The summed E-state index contributed by atoms with van der Waals surface area (Å²) in [7, 11) is 0. The summed E-state index contributed by atoms with van der Waals surface area (Å²) in [6.07, 6.45) is 8.81. The Hall–Kier alpha value is -3.35. The Morgan fingerprint density at radius 1 is 0.963 bits per heavy atom. The SMILES string of the molecule is Oc1ccc(C=Cc2nc(-c3ccnc(N4CCCCC4)c3)no2)cc1O. The number of phenols is 2. The Bertz CT molecular complexity index is 961. The maximum atomic E-state index is 9.54. The van der Waals surface area contributed by atoms with Gasteiger partial charge in [0.25, 0.3) is 5.89 Å². The second-order valence-electron chi connectivity index (χ2n) is 6.49. The first-order chi connectivity index (χ1) is 13.2. The van der Waals surface area contributed by atoms with E-state index in [2.05, 4.69) is 20.0 Å². The predicted molar refractivity (Wildman–Crippen MR) is 102 cm³/mol. The summed E-state index contributed by atoms with van der Waals surface area (Å²) in [5, 5.41) is 22.9. The first-order valence-corrected chi connectivity index (χ1v) is 8.94. The van der Waals surface area contributed by atoms with Crippen molar-refractivity contribution < 1.29 is 14.7 Å². The van der Waals surface area contributed by atoms with Crippen molar-refractivity contribution in [3.8, 4) is 22.9 Å². The van der Waals surface area contributed by atoms with E-state index in [1.807, 2.05) is 12.1 Å². The third-order valence-corrected chi connectivity index (χ3v) is 4.54. The molecular formula is C20H20N4O3. The molecule has 3 aromatic rings. The van der Waals surface area contributed by atoms with E-state index in [9.17, 15) is 10.2 Å². The number of piperidine rings is 1. The lowest BCUT2D eigenvalue weighted by atomic mass is 10.1. The molecule has 0 radical (unpaired) electrons. The van der Waals surface area contributed by atoms with Crippen LogP contribution in [0.25, 0.3) is 23.5 Å². The summed E-state index contributed by atoms with van der Waals surface area (Å²) in [4.78, 5) is 11.2. The van der Waals surface area contributed by atoms with Crippen LogP contribution in [-0.4, -0.2) is 38.4 Å². The van der Waals surface area contributed by atoms with Crippen LogP contribution in [0.2, 0.25) is 0 Å². The molecule has 7 heteroatoms. The molecule has 0 atom stereocenters. The fraction of sp³-hybridized carbons (Fsp3) is 0.250. The minimum Gasteiger partial charge on any atom is -0.504 e. The molecule has 1 fully saturated rings. The van der Waals surface area contributed by atoms with Crippen molar-refractivity contribution in [3.63, 3.8) is 0 Å². The maximum Gasteiger partial charge on any atom is 0.250 e. The molecule has 0 unspecified atom stereocenters.